The molecule has 4 heterocycles. The number of hydrogen-bond acceptors (Lipinski definition) is 7. The number of piperidine rings is 1. The molecule has 0 spiro atoms. The second-order valence-electron chi connectivity index (χ2n) is 7.87. The summed E-state index contributed by atoms with van der Waals surface area (Å²) in [5.74, 6) is 2.21. The lowest BCUT2D eigenvalue weighted by atomic mass is 9.96. The van der Waals surface area contributed by atoms with Crippen molar-refractivity contribution in [3.8, 4) is 11.3 Å². The first-order valence-electron chi connectivity index (χ1n) is 10.5. The van der Waals surface area contributed by atoms with Gasteiger partial charge in [-0.1, -0.05) is 0 Å². The summed E-state index contributed by atoms with van der Waals surface area (Å²) in [6.45, 7) is 2.89. The lowest BCUT2D eigenvalue weighted by molar-refractivity contribution is -0.141. The fourth-order valence-electron chi connectivity index (χ4n) is 3.99. The highest BCUT2D eigenvalue weighted by atomic mass is 79.9. The number of alkyl halides is 3. The molecule has 0 aliphatic carbocycles. The number of nitrogens with zero attached hydrogens (tertiary/aromatic N) is 6. The van der Waals surface area contributed by atoms with Gasteiger partial charge in [-0.25, -0.2) is 15.0 Å². The van der Waals surface area contributed by atoms with Crippen molar-refractivity contribution in [2.24, 2.45) is 0 Å². The Bertz CT molecular complexity index is 1110. The van der Waals surface area contributed by atoms with E-state index in [2.05, 4.69) is 41.1 Å². The number of nitrogens with two attached hydrogens (primary N) is 1. The van der Waals surface area contributed by atoms with Gasteiger partial charge < -0.3 is 20.5 Å². The second kappa shape index (κ2) is 9.64. The molecule has 12 heteroatoms. The number of halogens is 4. The predicted octanol–water partition coefficient (Wildman–Crippen LogP) is 3.70. The maximum absolute atomic E-state index is 13.1. The fraction of sp³-hybridized carbons (Fsp3) is 0.429. The maximum atomic E-state index is 13.1. The highest BCUT2D eigenvalue weighted by molar-refractivity contribution is 9.10. The van der Waals surface area contributed by atoms with E-state index in [0.717, 1.165) is 50.2 Å². The molecule has 0 atom stereocenters. The molecule has 0 bridgehead atoms. The standard InChI is InChI=1S/C21H24BrF3N8/c1-27-6-9-33-11-15(14-2-5-28-16(10-14)21(23,24)25)31-19(33)13-3-7-32(8-4-13)20-17(22)18(26)29-12-30-20/h2,5,10-13,27H,3-4,6-9H2,1H3,(H2,26,29,30). The Morgan fingerprint density at radius 2 is 1.97 bits per heavy atom. The van der Waals surface area contributed by atoms with Gasteiger partial charge in [0.05, 0.1) is 5.69 Å². The van der Waals surface area contributed by atoms with Crippen LogP contribution in [0.3, 0.4) is 0 Å². The van der Waals surface area contributed by atoms with Crippen molar-refractivity contribution in [1.82, 2.24) is 29.8 Å². The summed E-state index contributed by atoms with van der Waals surface area (Å²) >= 11 is 3.46. The molecule has 1 saturated heterocycles. The minimum absolute atomic E-state index is 0.175. The number of anilines is 2. The van der Waals surface area contributed by atoms with Gasteiger partial charge in [-0.3, -0.25) is 4.98 Å². The first-order valence-corrected chi connectivity index (χ1v) is 11.3. The van der Waals surface area contributed by atoms with Crippen LogP contribution in [0.5, 0.6) is 0 Å². The van der Waals surface area contributed by atoms with Gasteiger partial charge >= 0.3 is 6.18 Å². The average Bonchev–Trinajstić information content (AvgIpc) is 3.23. The van der Waals surface area contributed by atoms with Crippen LogP contribution in [0.15, 0.2) is 35.3 Å². The molecule has 0 radical (unpaired) electrons. The Kier molecular flexibility index (Phi) is 6.84. The maximum Gasteiger partial charge on any atom is 0.433 e. The van der Waals surface area contributed by atoms with E-state index in [4.69, 9.17) is 10.7 Å². The molecule has 3 aromatic rings. The Labute approximate surface area is 197 Å². The van der Waals surface area contributed by atoms with Gasteiger partial charge in [0.25, 0.3) is 0 Å². The molecule has 176 valence electrons. The number of pyridine rings is 1. The number of imidazole rings is 1. The first kappa shape index (κ1) is 23.4. The third-order valence-electron chi connectivity index (χ3n) is 5.71. The summed E-state index contributed by atoms with van der Waals surface area (Å²) in [7, 11) is 1.86. The summed E-state index contributed by atoms with van der Waals surface area (Å²) < 4.78 is 42.1. The number of aromatic nitrogens is 5. The highest BCUT2D eigenvalue weighted by Crippen LogP contribution is 2.35. The van der Waals surface area contributed by atoms with E-state index in [1.54, 1.807) is 6.07 Å². The van der Waals surface area contributed by atoms with E-state index in [-0.39, 0.29) is 5.92 Å². The number of likely N-dealkylation sites (N-methyl/N-ethyl adjacent to an activating group) is 1. The van der Waals surface area contributed by atoms with Crippen molar-refractivity contribution in [2.75, 3.05) is 37.3 Å². The van der Waals surface area contributed by atoms with Crippen molar-refractivity contribution >= 4 is 27.6 Å². The van der Waals surface area contributed by atoms with Crippen molar-refractivity contribution in [2.45, 2.75) is 31.5 Å². The van der Waals surface area contributed by atoms with Gasteiger partial charge in [-0.05, 0) is 48.0 Å². The lowest BCUT2D eigenvalue weighted by Gasteiger charge is -2.33. The molecular weight excluding hydrogens is 501 g/mol. The topological polar surface area (TPSA) is 97.8 Å². The molecule has 0 aromatic carbocycles. The molecule has 1 aliphatic rings. The third-order valence-corrected chi connectivity index (χ3v) is 6.47. The third kappa shape index (κ3) is 5.11. The second-order valence-corrected chi connectivity index (χ2v) is 8.66. The minimum Gasteiger partial charge on any atom is -0.383 e. The Morgan fingerprint density at radius 3 is 2.67 bits per heavy atom. The monoisotopic (exact) mass is 524 g/mol. The van der Waals surface area contributed by atoms with Crippen molar-refractivity contribution in [1.29, 1.82) is 0 Å². The van der Waals surface area contributed by atoms with Crippen molar-refractivity contribution in [3.05, 3.63) is 46.8 Å². The van der Waals surface area contributed by atoms with Crippen LogP contribution in [0, 0.1) is 0 Å². The molecule has 3 N–H and O–H groups in total. The molecular formula is C21H24BrF3N8. The van der Waals surface area contributed by atoms with Gasteiger partial charge in [-0.2, -0.15) is 13.2 Å². The van der Waals surface area contributed by atoms with Crippen LogP contribution in [0.1, 0.15) is 30.3 Å². The van der Waals surface area contributed by atoms with Crippen molar-refractivity contribution < 1.29 is 13.2 Å². The van der Waals surface area contributed by atoms with Gasteiger partial charge in [0.15, 0.2) is 0 Å². The molecule has 0 unspecified atom stereocenters. The van der Waals surface area contributed by atoms with Crippen LogP contribution in [-0.2, 0) is 12.7 Å². The van der Waals surface area contributed by atoms with Gasteiger partial charge in [0.1, 0.15) is 34.0 Å². The predicted molar refractivity (Wildman–Crippen MR) is 123 cm³/mol. The number of rotatable bonds is 6. The van der Waals surface area contributed by atoms with Crippen LogP contribution in [-0.4, -0.2) is 51.2 Å². The number of hydrogen-bond donors (Lipinski definition) is 2. The van der Waals surface area contributed by atoms with E-state index in [0.29, 0.717) is 28.1 Å². The van der Waals surface area contributed by atoms with E-state index >= 15 is 0 Å². The Hall–Kier alpha value is -2.73. The molecule has 33 heavy (non-hydrogen) atoms. The highest BCUT2D eigenvalue weighted by Gasteiger charge is 2.33. The zero-order chi connectivity index (χ0) is 23.6. The average molecular weight is 525 g/mol. The molecule has 1 fully saturated rings. The molecule has 4 rings (SSSR count). The van der Waals surface area contributed by atoms with Gasteiger partial charge in [-0.15, -0.1) is 0 Å². The van der Waals surface area contributed by atoms with E-state index < -0.39 is 11.9 Å². The fourth-order valence-corrected chi connectivity index (χ4v) is 4.45. The molecule has 3 aromatic heterocycles. The molecule has 0 saturated carbocycles. The van der Waals surface area contributed by atoms with Crippen molar-refractivity contribution in [3.63, 3.8) is 0 Å². The molecule has 8 nitrogen and oxygen atoms in total. The Morgan fingerprint density at radius 1 is 1.21 bits per heavy atom. The normalized spacial score (nSPS) is 15.2. The summed E-state index contributed by atoms with van der Waals surface area (Å²) in [6, 6.07) is 2.61. The van der Waals surface area contributed by atoms with E-state index in [1.807, 2.05) is 17.8 Å². The quantitative estimate of drug-likeness (QED) is 0.507. The molecule has 0 amide bonds. The summed E-state index contributed by atoms with van der Waals surface area (Å²) in [4.78, 5) is 18.7. The first-order chi connectivity index (χ1) is 15.8. The zero-order valence-electron chi connectivity index (χ0n) is 18.0. The summed E-state index contributed by atoms with van der Waals surface area (Å²) in [5.41, 5.74) is 5.89. The zero-order valence-corrected chi connectivity index (χ0v) is 19.6. The minimum atomic E-state index is -4.50. The SMILES string of the molecule is CNCCn1cc(-c2ccnc(C(F)(F)F)c2)nc1C1CCN(c2ncnc(N)c2Br)CC1. The van der Waals surface area contributed by atoms with Crippen LogP contribution in [0.25, 0.3) is 11.3 Å². The number of nitrogen functional groups attached to an aromatic ring is 1. The van der Waals surface area contributed by atoms with Gasteiger partial charge in [0.2, 0.25) is 0 Å². The summed E-state index contributed by atoms with van der Waals surface area (Å²) in [5, 5.41) is 3.12. The Balaban J connectivity index is 1.58. The van der Waals surface area contributed by atoms with Crippen LogP contribution in [0.4, 0.5) is 24.8 Å². The van der Waals surface area contributed by atoms with Crippen LogP contribution in [0.2, 0.25) is 0 Å². The summed E-state index contributed by atoms with van der Waals surface area (Å²) in [6.07, 6.45) is 1.61. The largest absolute Gasteiger partial charge is 0.433 e. The van der Waals surface area contributed by atoms with E-state index in [9.17, 15) is 13.2 Å². The van der Waals surface area contributed by atoms with Crippen LogP contribution < -0.4 is 16.0 Å². The van der Waals surface area contributed by atoms with Gasteiger partial charge in [0, 0.05) is 50.1 Å². The van der Waals surface area contributed by atoms with E-state index in [1.165, 1.54) is 12.5 Å². The lowest BCUT2D eigenvalue weighted by Crippen LogP contribution is -2.34. The smallest absolute Gasteiger partial charge is 0.383 e. The molecule has 1 aliphatic heterocycles. The number of nitrogens with one attached hydrogen (secondary N) is 1. The van der Waals surface area contributed by atoms with Crippen LogP contribution >= 0.6 is 15.9 Å².